The van der Waals surface area contributed by atoms with Crippen LogP contribution in [-0.4, -0.2) is 22.5 Å². The molecule has 15 heavy (non-hydrogen) atoms. The lowest BCUT2D eigenvalue weighted by molar-refractivity contribution is 0.307. The van der Waals surface area contributed by atoms with Crippen molar-refractivity contribution in [1.29, 1.82) is 0 Å². The molecule has 80 valence electrons. The third-order valence-electron chi connectivity index (χ3n) is 2.53. The van der Waals surface area contributed by atoms with Crippen molar-refractivity contribution in [3.05, 3.63) is 29.8 Å². The smallest absolute Gasteiger partial charge is 0.147 e. The van der Waals surface area contributed by atoms with Crippen molar-refractivity contribution in [3.63, 3.8) is 0 Å². The van der Waals surface area contributed by atoms with Crippen LogP contribution in [0.4, 0.5) is 0 Å². The van der Waals surface area contributed by atoms with Crippen LogP contribution >= 0.6 is 0 Å². The van der Waals surface area contributed by atoms with E-state index in [-0.39, 0.29) is 11.9 Å². The highest BCUT2D eigenvalue weighted by atomic mass is 16.3. The molecule has 0 saturated heterocycles. The second-order valence-corrected chi connectivity index (χ2v) is 3.51. The second kappa shape index (κ2) is 3.90. The molecule has 1 aliphatic heterocycles. The Labute approximate surface area is 89.2 Å². The summed E-state index contributed by atoms with van der Waals surface area (Å²) in [6.07, 6.45) is -0.161. The van der Waals surface area contributed by atoms with Gasteiger partial charge in [-0.3, -0.25) is 5.01 Å². The maximum atomic E-state index is 9.69. The Kier molecular flexibility index (Phi) is 2.60. The molecule has 1 aromatic rings. The molecular formula is C11H15N3O. The van der Waals surface area contributed by atoms with Crippen molar-refractivity contribution in [3.8, 4) is 5.75 Å². The molecule has 0 radical (unpaired) electrons. The summed E-state index contributed by atoms with van der Waals surface area (Å²) in [6.45, 7) is 4.87. The van der Waals surface area contributed by atoms with Gasteiger partial charge in [-0.2, -0.15) is 0 Å². The first kappa shape index (κ1) is 9.98. The van der Waals surface area contributed by atoms with Crippen molar-refractivity contribution >= 4 is 5.84 Å². The van der Waals surface area contributed by atoms with E-state index in [0.717, 1.165) is 17.9 Å². The number of rotatable bonds is 2. The highest BCUT2D eigenvalue weighted by Gasteiger charge is 2.23. The van der Waals surface area contributed by atoms with Crippen molar-refractivity contribution in [2.45, 2.75) is 20.0 Å². The lowest BCUT2D eigenvalue weighted by Gasteiger charge is -2.18. The van der Waals surface area contributed by atoms with E-state index in [2.05, 4.69) is 17.3 Å². The number of benzene rings is 1. The summed E-state index contributed by atoms with van der Waals surface area (Å²) in [5.74, 6) is 1.23. The number of para-hydroxylation sites is 1. The molecule has 0 aromatic heterocycles. The molecule has 0 amide bonds. The van der Waals surface area contributed by atoms with Crippen molar-refractivity contribution in [2.24, 2.45) is 4.99 Å². The number of phenolic OH excluding ortho intramolecular Hbond substituents is 1. The minimum absolute atomic E-state index is 0.161. The van der Waals surface area contributed by atoms with Gasteiger partial charge in [0.15, 0.2) is 0 Å². The van der Waals surface area contributed by atoms with Gasteiger partial charge in [-0.1, -0.05) is 18.2 Å². The van der Waals surface area contributed by atoms with Crippen LogP contribution in [0.3, 0.4) is 0 Å². The Balaban J connectivity index is 2.25. The predicted octanol–water partition coefficient (Wildman–Crippen LogP) is 1.65. The monoisotopic (exact) mass is 205 g/mol. The third-order valence-corrected chi connectivity index (χ3v) is 2.53. The van der Waals surface area contributed by atoms with Gasteiger partial charge in [-0.05, 0) is 19.9 Å². The van der Waals surface area contributed by atoms with Crippen LogP contribution in [-0.2, 0) is 0 Å². The molecule has 0 spiro atoms. The van der Waals surface area contributed by atoms with Gasteiger partial charge in [-0.25, -0.2) is 10.4 Å². The van der Waals surface area contributed by atoms with Crippen molar-refractivity contribution in [2.75, 3.05) is 6.54 Å². The number of nitrogens with zero attached hydrogens (tertiary/aromatic N) is 2. The number of phenols is 1. The van der Waals surface area contributed by atoms with Crippen LogP contribution in [0.25, 0.3) is 0 Å². The van der Waals surface area contributed by atoms with Gasteiger partial charge in [0.05, 0.1) is 0 Å². The number of hydrogen-bond donors (Lipinski definition) is 2. The molecule has 0 fully saturated rings. The maximum absolute atomic E-state index is 9.69. The minimum Gasteiger partial charge on any atom is -0.508 e. The van der Waals surface area contributed by atoms with Crippen LogP contribution in [0.2, 0.25) is 0 Å². The quantitative estimate of drug-likeness (QED) is 0.771. The first-order chi connectivity index (χ1) is 7.22. The van der Waals surface area contributed by atoms with Gasteiger partial charge in [0.2, 0.25) is 0 Å². The molecule has 4 heteroatoms. The van der Waals surface area contributed by atoms with E-state index in [9.17, 15) is 5.11 Å². The molecule has 0 aliphatic carbocycles. The van der Waals surface area contributed by atoms with Gasteiger partial charge in [-0.15, -0.1) is 0 Å². The van der Waals surface area contributed by atoms with Gasteiger partial charge >= 0.3 is 0 Å². The summed E-state index contributed by atoms with van der Waals surface area (Å²) in [4.78, 5) is 4.44. The Hall–Kier alpha value is -1.55. The third kappa shape index (κ3) is 1.80. The maximum Gasteiger partial charge on any atom is 0.147 e. The number of nitrogens with one attached hydrogen (secondary N) is 1. The lowest BCUT2D eigenvalue weighted by Crippen LogP contribution is -2.36. The molecular weight excluding hydrogens is 190 g/mol. The van der Waals surface area contributed by atoms with E-state index in [1.54, 1.807) is 6.07 Å². The standard InChI is InChI=1S/C11H15N3O/c1-3-14-8(2)12-11(13-14)9-6-4-5-7-10(9)15/h4-7,11,13,15H,3H2,1-2H3. The number of hydrogen-bond acceptors (Lipinski definition) is 4. The fourth-order valence-electron chi connectivity index (χ4n) is 1.70. The Bertz CT molecular complexity index is 389. The topological polar surface area (TPSA) is 47.9 Å². The van der Waals surface area contributed by atoms with Crippen LogP contribution in [0, 0.1) is 0 Å². The number of hydrazine groups is 1. The molecule has 1 aromatic carbocycles. The Morgan fingerprint density at radius 1 is 1.47 bits per heavy atom. The normalized spacial score (nSPS) is 20.5. The summed E-state index contributed by atoms with van der Waals surface area (Å²) < 4.78 is 0. The average Bonchev–Trinajstić information content (AvgIpc) is 2.60. The number of amidine groups is 1. The number of aliphatic imine (C=N–C) groups is 1. The highest BCUT2D eigenvalue weighted by molar-refractivity contribution is 5.81. The zero-order valence-electron chi connectivity index (χ0n) is 8.94. The summed E-state index contributed by atoms with van der Waals surface area (Å²) in [5, 5.41) is 11.7. The van der Waals surface area contributed by atoms with Gasteiger partial charge in [0, 0.05) is 12.1 Å². The van der Waals surface area contributed by atoms with E-state index in [1.807, 2.05) is 30.1 Å². The molecule has 4 nitrogen and oxygen atoms in total. The predicted molar refractivity (Wildman–Crippen MR) is 59.5 cm³/mol. The molecule has 1 unspecified atom stereocenters. The SMILES string of the molecule is CCN1NC(c2ccccc2O)N=C1C. The van der Waals surface area contributed by atoms with Gasteiger partial charge in [0.1, 0.15) is 17.8 Å². The van der Waals surface area contributed by atoms with Gasteiger partial charge in [0.25, 0.3) is 0 Å². The molecule has 2 rings (SSSR count). The van der Waals surface area contributed by atoms with Gasteiger partial charge < -0.3 is 5.11 Å². The first-order valence-corrected chi connectivity index (χ1v) is 5.08. The molecule has 2 N–H and O–H groups in total. The molecule has 0 saturated carbocycles. The second-order valence-electron chi connectivity index (χ2n) is 3.51. The molecule has 1 atom stereocenters. The Morgan fingerprint density at radius 3 is 2.80 bits per heavy atom. The fourth-order valence-corrected chi connectivity index (χ4v) is 1.70. The summed E-state index contributed by atoms with van der Waals surface area (Å²) in [7, 11) is 0. The lowest BCUT2D eigenvalue weighted by atomic mass is 10.1. The summed E-state index contributed by atoms with van der Waals surface area (Å²) in [6, 6.07) is 7.26. The zero-order chi connectivity index (χ0) is 10.8. The van der Waals surface area contributed by atoms with Crippen LogP contribution < -0.4 is 5.43 Å². The van der Waals surface area contributed by atoms with Crippen molar-refractivity contribution < 1.29 is 5.11 Å². The van der Waals surface area contributed by atoms with E-state index in [1.165, 1.54) is 0 Å². The first-order valence-electron chi connectivity index (χ1n) is 5.08. The van der Waals surface area contributed by atoms with Crippen molar-refractivity contribution in [1.82, 2.24) is 10.4 Å². The molecule has 1 heterocycles. The van der Waals surface area contributed by atoms with E-state index in [0.29, 0.717) is 0 Å². The largest absolute Gasteiger partial charge is 0.508 e. The van der Waals surface area contributed by atoms with Crippen LogP contribution in [0.5, 0.6) is 5.75 Å². The average molecular weight is 205 g/mol. The zero-order valence-corrected chi connectivity index (χ0v) is 8.94. The highest BCUT2D eigenvalue weighted by Crippen LogP contribution is 2.27. The van der Waals surface area contributed by atoms with Crippen LogP contribution in [0.1, 0.15) is 25.6 Å². The summed E-state index contributed by atoms with van der Waals surface area (Å²) >= 11 is 0. The van der Waals surface area contributed by atoms with E-state index < -0.39 is 0 Å². The fraction of sp³-hybridized carbons (Fsp3) is 0.364. The van der Waals surface area contributed by atoms with E-state index >= 15 is 0 Å². The molecule has 1 aliphatic rings. The number of aromatic hydroxyl groups is 1. The Morgan fingerprint density at radius 2 is 2.20 bits per heavy atom. The van der Waals surface area contributed by atoms with Crippen LogP contribution in [0.15, 0.2) is 29.3 Å². The minimum atomic E-state index is -0.161. The molecule has 0 bridgehead atoms. The van der Waals surface area contributed by atoms with E-state index in [4.69, 9.17) is 0 Å². The summed E-state index contributed by atoms with van der Waals surface area (Å²) in [5.41, 5.74) is 4.03.